The van der Waals surface area contributed by atoms with E-state index in [4.69, 9.17) is 9.47 Å². The molecule has 2 heterocycles. The Bertz CT molecular complexity index is 529. The number of anilines is 1. The van der Waals surface area contributed by atoms with Crippen LogP contribution in [0.5, 0.6) is 5.75 Å². The molecule has 0 radical (unpaired) electrons. The monoisotopic (exact) mass is 333 g/mol. The molecule has 2 aliphatic rings. The summed E-state index contributed by atoms with van der Waals surface area (Å²) >= 11 is 0. The Labute approximate surface area is 143 Å². The third-order valence-electron chi connectivity index (χ3n) is 4.57. The SMILES string of the molecule is CN1CCCN(C(=O)Nc2ccc(OC[C@@H]3CCCO3)cc2)CC1. The van der Waals surface area contributed by atoms with Crippen LogP contribution in [0.4, 0.5) is 10.5 Å². The molecule has 6 heteroatoms. The molecule has 1 N–H and O–H groups in total. The lowest BCUT2D eigenvalue weighted by molar-refractivity contribution is 0.0679. The number of nitrogens with one attached hydrogen (secondary N) is 1. The summed E-state index contributed by atoms with van der Waals surface area (Å²) < 4.78 is 11.3. The summed E-state index contributed by atoms with van der Waals surface area (Å²) in [7, 11) is 2.09. The first-order valence-electron chi connectivity index (χ1n) is 8.79. The van der Waals surface area contributed by atoms with Gasteiger partial charge in [-0.2, -0.15) is 0 Å². The molecule has 1 aromatic rings. The van der Waals surface area contributed by atoms with Crippen molar-refractivity contribution in [3.05, 3.63) is 24.3 Å². The van der Waals surface area contributed by atoms with Crippen molar-refractivity contribution in [1.82, 2.24) is 9.80 Å². The highest BCUT2D eigenvalue weighted by Crippen LogP contribution is 2.19. The fourth-order valence-electron chi connectivity index (χ4n) is 3.05. The van der Waals surface area contributed by atoms with Crippen LogP contribution in [-0.2, 0) is 4.74 Å². The van der Waals surface area contributed by atoms with E-state index in [9.17, 15) is 4.79 Å². The highest BCUT2D eigenvalue weighted by atomic mass is 16.5. The molecule has 0 spiro atoms. The van der Waals surface area contributed by atoms with E-state index in [2.05, 4.69) is 17.3 Å². The highest BCUT2D eigenvalue weighted by molar-refractivity contribution is 5.89. The van der Waals surface area contributed by atoms with Crippen LogP contribution in [0, 0.1) is 0 Å². The molecule has 0 bridgehead atoms. The lowest BCUT2D eigenvalue weighted by atomic mass is 10.2. The molecule has 3 rings (SSSR count). The largest absolute Gasteiger partial charge is 0.491 e. The molecule has 0 aliphatic carbocycles. The first-order valence-corrected chi connectivity index (χ1v) is 8.79. The van der Waals surface area contributed by atoms with Crippen LogP contribution in [0.15, 0.2) is 24.3 Å². The smallest absolute Gasteiger partial charge is 0.321 e. The predicted molar refractivity (Wildman–Crippen MR) is 93.6 cm³/mol. The van der Waals surface area contributed by atoms with Gasteiger partial charge in [-0.25, -0.2) is 4.79 Å². The summed E-state index contributed by atoms with van der Waals surface area (Å²) in [5, 5.41) is 2.97. The van der Waals surface area contributed by atoms with Crippen molar-refractivity contribution >= 4 is 11.7 Å². The van der Waals surface area contributed by atoms with Crippen LogP contribution in [-0.4, -0.2) is 68.4 Å². The van der Waals surface area contributed by atoms with Crippen LogP contribution in [0.3, 0.4) is 0 Å². The zero-order chi connectivity index (χ0) is 16.8. The minimum absolute atomic E-state index is 0.0293. The average Bonchev–Trinajstić information content (AvgIpc) is 3.01. The molecular formula is C18H27N3O3. The number of likely N-dealkylation sites (N-methyl/N-ethyl adjacent to an activating group) is 1. The Morgan fingerprint density at radius 2 is 2.04 bits per heavy atom. The van der Waals surface area contributed by atoms with Gasteiger partial charge in [0.25, 0.3) is 0 Å². The fraction of sp³-hybridized carbons (Fsp3) is 0.611. The van der Waals surface area contributed by atoms with E-state index in [0.717, 1.165) is 63.5 Å². The average molecular weight is 333 g/mol. The lowest BCUT2D eigenvalue weighted by Gasteiger charge is -2.21. The minimum atomic E-state index is -0.0293. The molecule has 132 valence electrons. The van der Waals surface area contributed by atoms with Gasteiger partial charge in [-0.3, -0.25) is 0 Å². The minimum Gasteiger partial charge on any atom is -0.491 e. The maximum absolute atomic E-state index is 12.4. The topological polar surface area (TPSA) is 54.0 Å². The van der Waals surface area contributed by atoms with Crippen LogP contribution >= 0.6 is 0 Å². The maximum Gasteiger partial charge on any atom is 0.321 e. The van der Waals surface area contributed by atoms with Crippen molar-refractivity contribution in [2.75, 3.05) is 51.8 Å². The lowest BCUT2D eigenvalue weighted by Crippen LogP contribution is -2.37. The number of carbonyl (C=O) groups excluding carboxylic acids is 1. The number of carbonyl (C=O) groups is 1. The Morgan fingerprint density at radius 1 is 1.21 bits per heavy atom. The second-order valence-corrected chi connectivity index (χ2v) is 6.54. The number of amides is 2. The van der Waals surface area contributed by atoms with Gasteiger partial charge < -0.3 is 24.6 Å². The molecule has 2 fully saturated rings. The molecule has 24 heavy (non-hydrogen) atoms. The summed E-state index contributed by atoms with van der Waals surface area (Å²) in [5.74, 6) is 0.805. The quantitative estimate of drug-likeness (QED) is 0.919. The van der Waals surface area contributed by atoms with Crippen molar-refractivity contribution < 1.29 is 14.3 Å². The number of hydrogen-bond donors (Lipinski definition) is 1. The number of ether oxygens (including phenoxy) is 2. The molecule has 1 atom stereocenters. The molecule has 2 saturated heterocycles. The van der Waals surface area contributed by atoms with Gasteiger partial charge in [0.05, 0.1) is 6.10 Å². The Morgan fingerprint density at radius 3 is 2.79 bits per heavy atom. The summed E-state index contributed by atoms with van der Waals surface area (Å²) in [5.41, 5.74) is 0.794. The van der Waals surface area contributed by atoms with Gasteiger partial charge in [-0.15, -0.1) is 0 Å². The van der Waals surface area contributed by atoms with Crippen molar-refractivity contribution in [2.24, 2.45) is 0 Å². The van der Waals surface area contributed by atoms with Crippen molar-refractivity contribution in [1.29, 1.82) is 0 Å². The van der Waals surface area contributed by atoms with Crippen molar-refractivity contribution in [2.45, 2.75) is 25.4 Å². The van der Waals surface area contributed by atoms with Crippen LogP contribution in [0.2, 0.25) is 0 Å². The Balaban J connectivity index is 1.47. The van der Waals surface area contributed by atoms with Gasteiger partial charge in [-0.1, -0.05) is 0 Å². The van der Waals surface area contributed by atoms with E-state index in [1.165, 1.54) is 0 Å². The molecule has 0 saturated carbocycles. The van der Waals surface area contributed by atoms with Crippen LogP contribution in [0.25, 0.3) is 0 Å². The molecule has 0 unspecified atom stereocenters. The van der Waals surface area contributed by atoms with Crippen LogP contribution in [0.1, 0.15) is 19.3 Å². The van der Waals surface area contributed by atoms with E-state index in [0.29, 0.717) is 6.61 Å². The summed E-state index contributed by atoms with van der Waals surface area (Å²) in [6, 6.07) is 7.51. The van der Waals surface area contributed by atoms with E-state index in [1.54, 1.807) is 0 Å². The van der Waals surface area contributed by atoms with E-state index in [-0.39, 0.29) is 12.1 Å². The summed E-state index contributed by atoms with van der Waals surface area (Å²) in [6.07, 6.45) is 3.41. The zero-order valence-corrected chi connectivity index (χ0v) is 14.4. The summed E-state index contributed by atoms with van der Waals surface area (Å²) in [4.78, 5) is 16.5. The standard InChI is InChI=1S/C18H27N3O3/c1-20-9-3-10-21(12-11-20)18(22)19-15-5-7-16(8-6-15)24-14-17-4-2-13-23-17/h5-8,17H,2-4,9-14H2,1H3,(H,19,22)/t17-/m0/s1. The molecule has 2 amide bonds. The highest BCUT2D eigenvalue weighted by Gasteiger charge is 2.18. The third-order valence-corrected chi connectivity index (χ3v) is 4.57. The van der Waals surface area contributed by atoms with Gasteiger partial charge in [0.1, 0.15) is 12.4 Å². The van der Waals surface area contributed by atoms with Crippen molar-refractivity contribution in [3.8, 4) is 5.75 Å². The summed E-state index contributed by atoms with van der Waals surface area (Å²) in [6.45, 7) is 4.96. The van der Waals surface area contributed by atoms with Crippen molar-refractivity contribution in [3.63, 3.8) is 0 Å². The van der Waals surface area contributed by atoms with Gasteiger partial charge >= 0.3 is 6.03 Å². The van der Waals surface area contributed by atoms with Gasteiger partial charge in [-0.05, 0) is 57.1 Å². The number of rotatable bonds is 4. The molecule has 6 nitrogen and oxygen atoms in total. The van der Waals surface area contributed by atoms with Gasteiger partial charge in [0.2, 0.25) is 0 Å². The molecule has 1 aromatic carbocycles. The van der Waals surface area contributed by atoms with E-state index in [1.807, 2.05) is 29.2 Å². The number of urea groups is 1. The zero-order valence-electron chi connectivity index (χ0n) is 14.4. The third kappa shape index (κ3) is 4.85. The fourth-order valence-corrected chi connectivity index (χ4v) is 3.05. The normalized spacial score (nSPS) is 22.2. The van der Waals surface area contributed by atoms with Gasteiger partial charge in [0, 0.05) is 31.9 Å². The maximum atomic E-state index is 12.4. The Kier molecular flexibility index (Phi) is 5.93. The van der Waals surface area contributed by atoms with Gasteiger partial charge in [0.15, 0.2) is 0 Å². The second-order valence-electron chi connectivity index (χ2n) is 6.54. The van der Waals surface area contributed by atoms with E-state index >= 15 is 0 Å². The predicted octanol–water partition coefficient (Wildman–Crippen LogP) is 2.41. The molecule has 2 aliphatic heterocycles. The first-order chi connectivity index (χ1) is 11.7. The Hall–Kier alpha value is -1.79. The first kappa shape index (κ1) is 17.0. The van der Waals surface area contributed by atoms with E-state index < -0.39 is 0 Å². The number of nitrogens with zero attached hydrogens (tertiary/aromatic N) is 2. The number of benzene rings is 1. The molecular weight excluding hydrogens is 306 g/mol. The van der Waals surface area contributed by atoms with Crippen LogP contribution < -0.4 is 10.1 Å². The second kappa shape index (κ2) is 8.35. The number of hydrogen-bond acceptors (Lipinski definition) is 4. The molecule has 0 aromatic heterocycles.